The van der Waals surface area contributed by atoms with Crippen LogP contribution in [0.5, 0.6) is 0 Å². The van der Waals surface area contributed by atoms with E-state index in [-0.39, 0.29) is 0 Å². The van der Waals surface area contributed by atoms with Crippen LogP contribution >= 0.6 is 0 Å². The second-order valence-corrected chi connectivity index (χ2v) is 3.89. The average Bonchev–Trinajstić information content (AvgIpc) is 2.81. The second kappa shape index (κ2) is 4.57. The summed E-state index contributed by atoms with van der Waals surface area (Å²) in [5.74, 6) is 0.876. The van der Waals surface area contributed by atoms with E-state index in [0.717, 1.165) is 36.7 Å². The molecule has 0 spiro atoms. The molecule has 0 atom stereocenters. The van der Waals surface area contributed by atoms with Crippen molar-refractivity contribution in [2.45, 2.75) is 32.7 Å². The Morgan fingerprint density at radius 3 is 2.73 bits per heavy atom. The van der Waals surface area contributed by atoms with Crippen molar-refractivity contribution >= 4 is 5.95 Å². The highest BCUT2D eigenvalue weighted by molar-refractivity contribution is 5.34. The number of aryl methyl sites for hydroxylation is 1. The predicted octanol–water partition coefficient (Wildman–Crippen LogP) is 1.10. The monoisotopic (exact) mass is 206 g/mol. The molecule has 0 bridgehead atoms. The molecule has 0 aromatic carbocycles. The third kappa shape index (κ3) is 2.09. The van der Waals surface area contributed by atoms with Crippen molar-refractivity contribution in [3.05, 3.63) is 17.5 Å². The third-order valence-electron chi connectivity index (χ3n) is 2.89. The van der Waals surface area contributed by atoms with Crippen molar-refractivity contribution in [1.82, 2.24) is 9.97 Å². The molecule has 0 radical (unpaired) electrons. The van der Waals surface area contributed by atoms with Crippen molar-refractivity contribution in [1.29, 1.82) is 0 Å². The van der Waals surface area contributed by atoms with Gasteiger partial charge in [-0.3, -0.25) is 0 Å². The van der Waals surface area contributed by atoms with E-state index in [4.69, 9.17) is 5.73 Å². The molecule has 1 aromatic heterocycles. The summed E-state index contributed by atoms with van der Waals surface area (Å²) in [6.45, 7) is 4.81. The van der Waals surface area contributed by atoms with Gasteiger partial charge in [0.25, 0.3) is 0 Å². The molecule has 2 N–H and O–H groups in total. The molecule has 0 saturated carbocycles. The van der Waals surface area contributed by atoms with Crippen LogP contribution in [0.25, 0.3) is 0 Å². The summed E-state index contributed by atoms with van der Waals surface area (Å²) in [4.78, 5) is 11.2. The molecular formula is C11H18N4. The predicted molar refractivity (Wildman–Crippen MR) is 60.7 cm³/mol. The van der Waals surface area contributed by atoms with Crippen LogP contribution < -0.4 is 10.6 Å². The Hall–Kier alpha value is -1.16. The Morgan fingerprint density at radius 2 is 2.13 bits per heavy atom. The van der Waals surface area contributed by atoms with Crippen molar-refractivity contribution in [3.63, 3.8) is 0 Å². The minimum absolute atomic E-state index is 0.531. The van der Waals surface area contributed by atoms with Gasteiger partial charge in [-0.25, -0.2) is 9.97 Å². The first-order valence-electron chi connectivity index (χ1n) is 5.65. The molecule has 1 aromatic rings. The Morgan fingerprint density at radius 1 is 1.40 bits per heavy atom. The molecule has 2 rings (SSSR count). The van der Waals surface area contributed by atoms with Crippen LogP contribution in [0.1, 0.15) is 31.0 Å². The minimum Gasteiger partial charge on any atom is -0.341 e. The first-order chi connectivity index (χ1) is 7.35. The van der Waals surface area contributed by atoms with Crippen molar-refractivity contribution in [2.24, 2.45) is 5.73 Å². The van der Waals surface area contributed by atoms with E-state index in [1.807, 2.05) is 6.20 Å². The summed E-state index contributed by atoms with van der Waals surface area (Å²) in [6, 6.07) is 0. The lowest BCUT2D eigenvalue weighted by atomic mass is 10.2. The van der Waals surface area contributed by atoms with Crippen molar-refractivity contribution in [3.8, 4) is 0 Å². The number of hydrogen-bond acceptors (Lipinski definition) is 4. The van der Waals surface area contributed by atoms with E-state index in [1.54, 1.807) is 0 Å². The maximum atomic E-state index is 5.64. The fourth-order valence-corrected chi connectivity index (χ4v) is 1.98. The SMILES string of the molecule is CCc1nc(N2CCCC2)ncc1CN. The highest BCUT2D eigenvalue weighted by Gasteiger charge is 2.15. The van der Waals surface area contributed by atoms with Crippen molar-refractivity contribution in [2.75, 3.05) is 18.0 Å². The van der Waals surface area contributed by atoms with E-state index in [2.05, 4.69) is 21.8 Å². The molecule has 0 aliphatic carbocycles. The fourth-order valence-electron chi connectivity index (χ4n) is 1.98. The maximum Gasteiger partial charge on any atom is 0.225 e. The topological polar surface area (TPSA) is 55.0 Å². The Bertz CT molecular complexity index is 331. The molecule has 4 nitrogen and oxygen atoms in total. The zero-order chi connectivity index (χ0) is 10.7. The van der Waals surface area contributed by atoms with Crippen LogP contribution in [0.4, 0.5) is 5.95 Å². The Kier molecular flexibility index (Phi) is 3.16. The van der Waals surface area contributed by atoms with Gasteiger partial charge in [-0.05, 0) is 19.3 Å². The van der Waals surface area contributed by atoms with Gasteiger partial charge < -0.3 is 10.6 Å². The fraction of sp³-hybridized carbons (Fsp3) is 0.636. The quantitative estimate of drug-likeness (QED) is 0.804. The number of anilines is 1. The zero-order valence-electron chi connectivity index (χ0n) is 9.24. The number of nitrogens with two attached hydrogens (primary N) is 1. The molecule has 0 amide bonds. The average molecular weight is 206 g/mol. The van der Waals surface area contributed by atoms with Gasteiger partial charge in [0.2, 0.25) is 5.95 Å². The normalized spacial score (nSPS) is 16.0. The first kappa shape index (κ1) is 10.4. The van der Waals surface area contributed by atoms with Gasteiger partial charge in [-0.15, -0.1) is 0 Å². The summed E-state index contributed by atoms with van der Waals surface area (Å²) < 4.78 is 0. The smallest absolute Gasteiger partial charge is 0.225 e. The first-order valence-corrected chi connectivity index (χ1v) is 5.65. The second-order valence-electron chi connectivity index (χ2n) is 3.89. The van der Waals surface area contributed by atoms with Crippen LogP contribution in [0.15, 0.2) is 6.20 Å². The third-order valence-corrected chi connectivity index (χ3v) is 2.89. The molecule has 15 heavy (non-hydrogen) atoms. The summed E-state index contributed by atoms with van der Waals surface area (Å²) in [6.07, 6.45) is 5.31. The molecular weight excluding hydrogens is 188 g/mol. The minimum atomic E-state index is 0.531. The van der Waals surface area contributed by atoms with E-state index >= 15 is 0 Å². The van der Waals surface area contributed by atoms with Gasteiger partial charge in [0.1, 0.15) is 0 Å². The van der Waals surface area contributed by atoms with Crippen LogP contribution in [-0.2, 0) is 13.0 Å². The largest absolute Gasteiger partial charge is 0.341 e. The summed E-state index contributed by atoms with van der Waals surface area (Å²) in [5, 5.41) is 0. The summed E-state index contributed by atoms with van der Waals surface area (Å²) >= 11 is 0. The standard InChI is InChI=1S/C11H18N4/c1-2-10-9(7-12)8-13-11(14-10)15-5-3-4-6-15/h8H,2-7,12H2,1H3. The highest BCUT2D eigenvalue weighted by Crippen LogP contribution is 2.17. The van der Waals surface area contributed by atoms with Crippen LogP contribution in [0, 0.1) is 0 Å². The zero-order valence-corrected chi connectivity index (χ0v) is 9.24. The lowest BCUT2D eigenvalue weighted by Gasteiger charge is -2.16. The van der Waals surface area contributed by atoms with E-state index < -0.39 is 0 Å². The van der Waals surface area contributed by atoms with E-state index in [0.29, 0.717) is 6.54 Å². The number of nitrogens with zero attached hydrogens (tertiary/aromatic N) is 3. The van der Waals surface area contributed by atoms with Gasteiger partial charge in [0.05, 0.1) is 5.69 Å². The molecule has 1 saturated heterocycles. The van der Waals surface area contributed by atoms with Gasteiger partial charge >= 0.3 is 0 Å². The van der Waals surface area contributed by atoms with Crippen LogP contribution in [0.3, 0.4) is 0 Å². The molecule has 1 aliphatic rings. The maximum absolute atomic E-state index is 5.64. The Labute approximate surface area is 90.5 Å². The lowest BCUT2D eigenvalue weighted by molar-refractivity contribution is 0.849. The molecule has 4 heteroatoms. The molecule has 1 aliphatic heterocycles. The molecule has 82 valence electrons. The van der Waals surface area contributed by atoms with Gasteiger partial charge in [0, 0.05) is 31.4 Å². The molecule has 2 heterocycles. The molecule has 0 unspecified atom stereocenters. The van der Waals surface area contributed by atoms with Gasteiger partial charge in [-0.2, -0.15) is 0 Å². The summed E-state index contributed by atoms with van der Waals surface area (Å²) in [7, 11) is 0. The van der Waals surface area contributed by atoms with Crippen LogP contribution in [-0.4, -0.2) is 23.1 Å². The van der Waals surface area contributed by atoms with Crippen LogP contribution in [0.2, 0.25) is 0 Å². The lowest BCUT2D eigenvalue weighted by Crippen LogP contribution is -2.21. The van der Waals surface area contributed by atoms with Gasteiger partial charge in [-0.1, -0.05) is 6.92 Å². The molecule has 1 fully saturated rings. The Balaban J connectivity index is 2.25. The number of rotatable bonds is 3. The van der Waals surface area contributed by atoms with Crippen molar-refractivity contribution < 1.29 is 0 Å². The van der Waals surface area contributed by atoms with E-state index in [1.165, 1.54) is 12.8 Å². The highest BCUT2D eigenvalue weighted by atomic mass is 15.3. The number of hydrogen-bond donors (Lipinski definition) is 1. The number of aromatic nitrogens is 2. The summed E-state index contributed by atoms with van der Waals surface area (Å²) in [5.41, 5.74) is 7.80. The van der Waals surface area contributed by atoms with E-state index in [9.17, 15) is 0 Å². The van der Waals surface area contributed by atoms with Gasteiger partial charge in [0.15, 0.2) is 0 Å².